The van der Waals surface area contributed by atoms with E-state index in [4.69, 9.17) is 0 Å². The van der Waals surface area contributed by atoms with Crippen molar-refractivity contribution in [2.45, 2.75) is 19.1 Å². The molecule has 3 heteroatoms. The average Bonchev–Trinajstić information content (AvgIpc) is 1.84. The van der Waals surface area contributed by atoms with Crippen molar-refractivity contribution in [1.29, 1.82) is 0 Å². The molecular formula is C5H11NOSi. The molecule has 0 aromatic heterocycles. The van der Waals surface area contributed by atoms with Crippen molar-refractivity contribution in [3.63, 3.8) is 0 Å². The van der Waals surface area contributed by atoms with Crippen LogP contribution in [0.2, 0.25) is 6.55 Å². The number of rotatable bonds is 3. The van der Waals surface area contributed by atoms with Gasteiger partial charge in [-0.1, -0.05) is 11.7 Å². The molecule has 0 spiro atoms. The lowest BCUT2D eigenvalue weighted by Crippen LogP contribution is -2.19. The first-order valence-corrected chi connectivity index (χ1v) is 5.16. The van der Waals surface area contributed by atoms with Crippen LogP contribution < -0.4 is 0 Å². The second-order valence-electron chi connectivity index (χ2n) is 1.94. The molecule has 8 heavy (non-hydrogen) atoms. The summed E-state index contributed by atoms with van der Waals surface area (Å²) in [6.45, 7) is 7.49. The predicted molar refractivity (Wildman–Crippen MR) is 38.5 cm³/mol. The third kappa shape index (κ3) is 2.02. The summed E-state index contributed by atoms with van der Waals surface area (Å²) in [6, 6.07) is 0. The molecule has 0 aliphatic heterocycles. The summed E-state index contributed by atoms with van der Waals surface area (Å²) in [5, 5.41) is 2.90. The largest absolute Gasteiger partial charge is 0.151 e. The van der Waals surface area contributed by atoms with E-state index in [0.717, 1.165) is 0 Å². The van der Waals surface area contributed by atoms with Crippen LogP contribution in [0.25, 0.3) is 0 Å². The molecule has 0 aliphatic rings. The first-order chi connectivity index (χ1) is 3.72. The van der Waals surface area contributed by atoms with Crippen LogP contribution in [0.5, 0.6) is 0 Å². The average molecular weight is 129 g/mol. The molecule has 0 N–H and O–H groups in total. The Balaban J connectivity index is 3.60. The molecule has 0 heterocycles. The number of hydrogen-bond donors (Lipinski definition) is 0. The van der Waals surface area contributed by atoms with Crippen LogP contribution in [0.1, 0.15) is 6.92 Å². The molecule has 2 atom stereocenters. The first-order valence-electron chi connectivity index (χ1n) is 2.67. The van der Waals surface area contributed by atoms with E-state index in [2.05, 4.69) is 18.3 Å². The van der Waals surface area contributed by atoms with Gasteiger partial charge in [0.15, 0.2) is 0 Å². The monoisotopic (exact) mass is 129 g/mol. The van der Waals surface area contributed by atoms with Crippen LogP contribution in [0.3, 0.4) is 0 Å². The molecule has 0 aromatic rings. The van der Waals surface area contributed by atoms with E-state index in [1.54, 1.807) is 0 Å². The summed E-state index contributed by atoms with van der Waals surface area (Å²) in [5.41, 5.74) is 1.87. The Kier molecular flexibility index (Phi) is 3.35. The molecule has 0 fully saturated rings. The molecule has 0 radical (unpaired) electrons. The van der Waals surface area contributed by atoms with Gasteiger partial charge in [-0.05, 0) is 6.92 Å². The SMILES string of the molecule is C=C[SiH](C)C(C)N=O. The van der Waals surface area contributed by atoms with Crippen molar-refractivity contribution in [3.05, 3.63) is 17.2 Å². The molecular weight excluding hydrogens is 118 g/mol. The van der Waals surface area contributed by atoms with Gasteiger partial charge in [-0.2, -0.15) is 4.91 Å². The van der Waals surface area contributed by atoms with E-state index in [-0.39, 0.29) is 5.67 Å². The fourth-order valence-corrected chi connectivity index (χ4v) is 0.879. The van der Waals surface area contributed by atoms with E-state index in [1.807, 2.05) is 12.6 Å². The second kappa shape index (κ2) is 3.55. The molecule has 2 nitrogen and oxygen atoms in total. The fourth-order valence-electron chi connectivity index (χ4n) is 0.293. The van der Waals surface area contributed by atoms with Gasteiger partial charge in [-0.3, -0.25) is 0 Å². The van der Waals surface area contributed by atoms with Crippen LogP contribution in [-0.2, 0) is 0 Å². The first kappa shape index (κ1) is 7.56. The van der Waals surface area contributed by atoms with Gasteiger partial charge in [-0.25, -0.2) is 0 Å². The van der Waals surface area contributed by atoms with Gasteiger partial charge in [-0.15, -0.1) is 12.3 Å². The minimum atomic E-state index is -0.991. The number of hydrogen-bond acceptors (Lipinski definition) is 2. The minimum Gasteiger partial charge on any atom is -0.151 e. The fraction of sp³-hybridized carbons (Fsp3) is 0.600. The quantitative estimate of drug-likeness (QED) is 0.416. The van der Waals surface area contributed by atoms with Crippen LogP contribution in [-0.4, -0.2) is 14.5 Å². The Morgan fingerprint density at radius 3 is 2.50 bits per heavy atom. The third-order valence-corrected chi connectivity index (χ3v) is 3.69. The lowest BCUT2D eigenvalue weighted by molar-refractivity contribution is 0.990. The highest BCUT2D eigenvalue weighted by atomic mass is 28.3. The van der Waals surface area contributed by atoms with Crippen molar-refractivity contribution >= 4 is 8.80 Å². The zero-order valence-corrected chi connectivity index (χ0v) is 6.45. The van der Waals surface area contributed by atoms with Crippen LogP contribution in [0, 0.1) is 4.91 Å². The second-order valence-corrected chi connectivity index (χ2v) is 5.10. The highest BCUT2D eigenvalue weighted by Gasteiger charge is 2.08. The van der Waals surface area contributed by atoms with Crippen molar-refractivity contribution < 1.29 is 0 Å². The van der Waals surface area contributed by atoms with Crippen molar-refractivity contribution in [2.75, 3.05) is 0 Å². The van der Waals surface area contributed by atoms with Gasteiger partial charge in [0.2, 0.25) is 0 Å². The number of nitroso groups, excluding NO2 is 1. The Morgan fingerprint density at radius 2 is 2.38 bits per heavy atom. The van der Waals surface area contributed by atoms with Crippen LogP contribution >= 0.6 is 0 Å². The Labute approximate surface area is 51.2 Å². The Morgan fingerprint density at radius 1 is 1.88 bits per heavy atom. The maximum atomic E-state index is 9.84. The van der Waals surface area contributed by atoms with E-state index in [9.17, 15) is 4.91 Å². The third-order valence-electron chi connectivity index (χ3n) is 1.30. The van der Waals surface area contributed by atoms with Gasteiger partial charge < -0.3 is 0 Å². The summed E-state index contributed by atoms with van der Waals surface area (Å²) in [5.74, 6) is 0. The predicted octanol–water partition coefficient (Wildman–Crippen LogP) is 1.26. The molecule has 0 rings (SSSR count). The summed E-state index contributed by atoms with van der Waals surface area (Å²) in [7, 11) is -0.991. The molecule has 0 saturated carbocycles. The maximum absolute atomic E-state index is 9.84. The highest BCUT2D eigenvalue weighted by molar-refractivity contribution is 6.64. The molecule has 0 aliphatic carbocycles. The van der Waals surface area contributed by atoms with Gasteiger partial charge >= 0.3 is 0 Å². The van der Waals surface area contributed by atoms with Crippen LogP contribution in [0.15, 0.2) is 17.5 Å². The summed E-state index contributed by atoms with van der Waals surface area (Å²) >= 11 is 0. The lowest BCUT2D eigenvalue weighted by atomic mass is 10.8. The number of nitrogens with zero attached hydrogens (tertiary/aromatic N) is 1. The normalized spacial score (nSPS) is 16.8. The maximum Gasteiger partial charge on any atom is 0.0901 e. The smallest absolute Gasteiger partial charge is 0.0901 e. The molecule has 0 saturated heterocycles. The Hall–Kier alpha value is -0.443. The summed E-state index contributed by atoms with van der Waals surface area (Å²) in [4.78, 5) is 9.84. The van der Waals surface area contributed by atoms with E-state index in [1.165, 1.54) is 0 Å². The molecule has 46 valence electrons. The molecule has 0 aromatic carbocycles. The standard InChI is InChI=1S/C5H11NOSi/c1-4-8(3)5(2)6-7/h4-5,8H,1H2,2-3H3. The van der Waals surface area contributed by atoms with Crippen LogP contribution in [0.4, 0.5) is 0 Å². The topological polar surface area (TPSA) is 29.4 Å². The lowest BCUT2D eigenvalue weighted by Gasteiger charge is -2.02. The van der Waals surface area contributed by atoms with Gasteiger partial charge in [0.05, 0.1) is 14.5 Å². The van der Waals surface area contributed by atoms with E-state index in [0.29, 0.717) is 0 Å². The van der Waals surface area contributed by atoms with E-state index >= 15 is 0 Å². The minimum absolute atomic E-state index is 0.00694. The van der Waals surface area contributed by atoms with Crippen molar-refractivity contribution in [2.24, 2.45) is 5.18 Å². The van der Waals surface area contributed by atoms with Gasteiger partial charge in [0.25, 0.3) is 0 Å². The highest BCUT2D eigenvalue weighted by Crippen LogP contribution is 1.95. The molecule has 0 bridgehead atoms. The summed E-state index contributed by atoms with van der Waals surface area (Å²) in [6.07, 6.45) is 0. The molecule has 2 unspecified atom stereocenters. The zero-order valence-electron chi connectivity index (χ0n) is 5.29. The van der Waals surface area contributed by atoms with Crippen molar-refractivity contribution in [1.82, 2.24) is 0 Å². The summed E-state index contributed by atoms with van der Waals surface area (Å²) < 4.78 is 0. The van der Waals surface area contributed by atoms with E-state index < -0.39 is 8.80 Å². The zero-order chi connectivity index (χ0) is 6.57. The van der Waals surface area contributed by atoms with Gasteiger partial charge in [0.1, 0.15) is 0 Å². The van der Waals surface area contributed by atoms with Crippen molar-refractivity contribution in [3.8, 4) is 0 Å². The molecule has 0 amide bonds. The van der Waals surface area contributed by atoms with Gasteiger partial charge in [0, 0.05) is 0 Å². The Bertz CT molecular complexity index is 82.4.